The first kappa shape index (κ1) is 19.2. The number of carbonyl (C=O) groups excluding carboxylic acids is 2. The Hall–Kier alpha value is -2.53. The first-order valence-corrected chi connectivity index (χ1v) is 9.39. The first-order valence-electron chi connectivity index (χ1n) is 9.01. The van der Waals surface area contributed by atoms with Crippen molar-refractivity contribution in [3.8, 4) is 5.75 Å². The highest BCUT2D eigenvalue weighted by Gasteiger charge is 2.28. The average Bonchev–Trinajstić information content (AvgIpc) is 2.68. The van der Waals surface area contributed by atoms with Gasteiger partial charge in [-0.15, -0.1) is 0 Å². The number of piperazine rings is 1. The summed E-state index contributed by atoms with van der Waals surface area (Å²) >= 11 is 5.86. The van der Waals surface area contributed by atoms with Crippen LogP contribution in [0.4, 0.5) is 0 Å². The van der Waals surface area contributed by atoms with Crippen LogP contribution in [0.25, 0.3) is 0 Å². The van der Waals surface area contributed by atoms with Gasteiger partial charge in [-0.1, -0.05) is 29.3 Å². The number of amides is 2. The van der Waals surface area contributed by atoms with Crippen molar-refractivity contribution in [3.05, 3.63) is 64.7 Å². The minimum Gasteiger partial charge on any atom is -0.481 e. The third-order valence-corrected chi connectivity index (χ3v) is 4.87. The van der Waals surface area contributed by atoms with Crippen LogP contribution in [-0.2, 0) is 4.79 Å². The van der Waals surface area contributed by atoms with Crippen LogP contribution >= 0.6 is 11.6 Å². The van der Waals surface area contributed by atoms with E-state index in [2.05, 4.69) is 0 Å². The standard InChI is InChI=1S/C21H23ClN2O3/c1-15-4-3-5-17(14-15)21(26)24-12-10-23(11-13-24)20(25)16(2)27-19-8-6-18(22)7-9-19/h3-9,14,16H,10-13H2,1-2H3. The molecule has 1 aliphatic rings. The topological polar surface area (TPSA) is 49.9 Å². The number of hydrogen-bond acceptors (Lipinski definition) is 3. The molecule has 2 aromatic rings. The summed E-state index contributed by atoms with van der Waals surface area (Å²) < 4.78 is 5.71. The third-order valence-electron chi connectivity index (χ3n) is 4.62. The molecule has 27 heavy (non-hydrogen) atoms. The van der Waals surface area contributed by atoms with Gasteiger partial charge in [-0.3, -0.25) is 9.59 Å². The number of hydrogen-bond donors (Lipinski definition) is 0. The summed E-state index contributed by atoms with van der Waals surface area (Å²) in [6.45, 7) is 5.75. The summed E-state index contributed by atoms with van der Waals surface area (Å²) in [4.78, 5) is 28.8. The van der Waals surface area contributed by atoms with Crippen molar-refractivity contribution in [1.29, 1.82) is 0 Å². The molecule has 2 amide bonds. The van der Waals surface area contributed by atoms with E-state index < -0.39 is 6.10 Å². The molecule has 1 aliphatic heterocycles. The number of nitrogens with zero attached hydrogens (tertiary/aromatic N) is 2. The number of ether oxygens (including phenoxy) is 1. The van der Waals surface area contributed by atoms with Crippen LogP contribution < -0.4 is 4.74 Å². The Kier molecular flexibility index (Phi) is 6.01. The quantitative estimate of drug-likeness (QED) is 0.809. The summed E-state index contributed by atoms with van der Waals surface area (Å²) in [7, 11) is 0. The van der Waals surface area contributed by atoms with Gasteiger partial charge in [0.25, 0.3) is 11.8 Å². The van der Waals surface area contributed by atoms with Gasteiger partial charge in [0.1, 0.15) is 5.75 Å². The van der Waals surface area contributed by atoms with Crippen LogP contribution in [0.3, 0.4) is 0 Å². The minimum atomic E-state index is -0.592. The number of rotatable bonds is 4. The molecule has 0 saturated carbocycles. The molecule has 0 aromatic heterocycles. The maximum Gasteiger partial charge on any atom is 0.263 e. The van der Waals surface area contributed by atoms with Gasteiger partial charge in [-0.25, -0.2) is 0 Å². The Bertz CT molecular complexity index is 814. The minimum absolute atomic E-state index is 0.0104. The molecule has 1 heterocycles. The van der Waals surface area contributed by atoms with Crippen molar-refractivity contribution >= 4 is 23.4 Å². The molecule has 1 fully saturated rings. The molecule has 0 spiro atoms. The molecule has 0 N–H and O–H groups in total. The van der Waals surface area contributed by atoms with Crippen molar-refractivity contribution in [2.75, 3.05) is 26.2 Å². The van der Waals surface area contributed by atoms with Gasteiger partial charge >= 0.3 is 0 Å². The fraction of sp³-hybridized carbons (Fsp3) is 0.333. The Morgan fingerprint density at radius 2 is 1.63 bits per heavy atom. The van der Waals surface area contributed by atoms with Gasteiger partial charge in [-0.2, -0.15) is 0 Å². The molecule has 6 heteroatoms. The zero-order chi connectivity index (χ0) is 19.4. The monoisotopic (exact) mass is 386 g/mol. The fourth-order valence-electron chi connectivity index (χ4n) is 3.12. The second kappa shape index (κ2) is 8.44. The molecule has 1 saturated heterocycles. The first-order chi connectivity index (χ1) is 12.9. The molecule has 0 radical (unpaired) electrons. The zero-order valence-electron chi connectivity index (χ0n) is 15.5. The number of halogens is 1. The predicted octanol–water partition coefficient (Wildman–Crippen LogP) is 3.40. The largest absolute Gasteiger partial charge is 0.481 e. The van der Waals surface area contributed by atoms with Crippen LogP contribution in [0, 0.1) is 6.92 Å². The summed E-state index contributed by atoms with van der Waals surface area (Å²) in [6, 6.07) is 14.5. The van der Waals surface area contributed by atoms with E-state index in [1.165, 1.54) is 0 Å². The van der Waals surface area contributed by atoms with E-state index in [-0.39, 0.29) is 11.8 Å². The average molecular weight is 387 g/mol. The molecule has 142 valence electrons. The second-order valence-electron chi connectivity index (χ2n) is 6.70. The zero-order valence-corrected chi connectivity index (χ0v) is 16.3. The lowest BCUT2D eigenvalue weighted by Crippen LogP contribution is -2.53. The molecular weight excluding hydrogens is 364 g/mol. The normalized spacial score (nSPS) is 15.4. The highest BCUT2D eigenvalue weighted by atomic mass is 35.5. The SMILES string of the molecule is Cc1cccc(C(=O)N2CCN(C(=O)C(C)Oc3ccc(Cl)cc3)CC2)c1. The predicted molar refractivity (Wildman–Crippen MR) is 105 cm³/mol. The molecule has 0 aliphatic carbocycles. The van der Waals surface area contributed by atoms with Crippen molar-refractivity contribution in [1.82, 2.24) is 9.80 Å². The van der Waals surface area contributed by atoms with Crippen LogP contribution in [0.15, 0.2) is 48.5 Å². The molecule has 1 atom stereocenters. The van der Waals surface area contributed by atoms with E-state index in [4.69, 9.17) is 16.3 Å². The lowest BCUT2D eigenvalue weighted by atomic mass is 10.1. The molecule has 3 rings (SSSR count). The van der Waals surface area contributed by atoms with Gasteiger partial charge in [0.15, 0.2) is 6.10 Å². The van der Waals surface area contributed by atoms with Gasteiger partial charge in [0, 0.05) is 36.8 Å². The Morgan fingerprint density at radius 1 is 1.00 bits per heavy atom. The fourth-order valence-corrected chi connectivity index (χ4v) is 3.24. The van der Waals surface area contributed by atoms with E-state index in [1.54, 1.807) is 41.0 Å². The summed E-state index contributed by atoms with van der Waals surface area (Å²) in [5, 5.41) is 0.621. The van der Waals surface area contributed by atoms with Gasteiger partial charge in [0.2, 0.25) is 0 Å². The van der Waals surface area contributed by atoms with Crippen molar-refractivity contribution in [2.45, 2.75) is 20.0 Å². The highest BCUT2D eigenvalue weighted by molar-refractivity contribution is 6.30. The van der Waals surface area contributed by atoms with Crippen LogP contribution in [-0.4, -0.2) is 53.9 Å². The highest BCUT2D eigenvalue weighted by Crippen LogP contribution is 2.18. The van der Waals surface area contributed by atoms with Gasteiger partial charge < -0.3 is 14.5 Å². The lowest BCUT2D eigenvalue weighted by Gasteiger charge is -2.36. The molecule has 1 unspecified atom stereocenters. The van der Waals surface area contributed by atoms with Crippen molar-refractivity contribution in [2.24, 2.45) is 0 Å². The maximum absolute atomic E-state index is 12.6. The van der Waals surface area contributed by atoms with Crippen molar-refractivity contribution in [3.63, 3.8) is 0 Å². The Balaban J connectivity index is 1.54. The van der Waals surface area contributed by atoms with E-state index >= 15 is 0 Å². The summed E-state index contributed by atoms with van der Waals surface area (Å²) in [5.41, 5.74) is 1.75. The summed E-state index contributed by atoms with van der Waals surface area (Å²) in [6.07, 6.45) is -0.592. The Morgan fingerprint density at radius 3 is 2.26 bits per heavy atom. The third kappa shape index (κ3) is 4.80. The van der Waals surface area contributed by atoms with Crippen LogP contribution in [0.5, 0.6) is 5.75 Å². The van der Waals surface area contributed by atoms with Crippen LogP contribution in [0.2, 0.25) is 5.02 Å². The molecule has 2 aromatic carbocycles. The van der Waals surface area contributed by atoms with Gasteiger partial charge in [-0.05, 0) is 50.2 Å². The van der Waals surface area contributed by atoms with E-state index in [1.807, 2.05) is 31.2 Å². The maximum atomic E-state index is 12.6. The van der Waals surface area contributed by atoms with E-state index in [9.17, 15) is 9.59 Å². The number of benzene rings is 2. The summed E-state index contributed by atoms with van der Waals surface area (Å²) in [5.74, 6) is 0.539. The van der Waals surface area contributed by atoms with Gasteiger partial charge in [0.05, 0.1) is 0 Å². The van der Waals surface area contributed by atoms with E-state index in [0.29, 0.717) is 42.5 Å². The number of carbonyl (C=O) groups is 2. The number of aryl methyl sites for hydroxylation is 1. The van der Waals surface area contributed by atoms with Crippen LogP contribution in [0.1, 0.15) is 22.8 Å². The second-order valence-corrected chi connectivity index (χ2v) is 7.14. The molecule has 0 bridgehead atoms. The Labute approximate surface area is 164 Å². The molecule has 5 nitrogen and oxygen atoms in total. The van der Waals surface area contributed by atoms with E-state index in [0.717, 1.165) is 5.56 Å². The lowest BCUT2D eigenvalue weighted by molar-refractivity contribution is -0.139. The smallest absolute Gasteiger partial charge is 0.263 e. The molecular formula is C21H23ClN2O3. The van der Waals surface area contributed by atoms with Crippen molar-refractivity contribution < 1.29 is 14.3 Å².